The molecule has 19 heavy (non-hydrogen) atoms. The van der Waals surface area contributed by atoms with Gasteiger partial charge in [0.15, 0.2) is 0 Å². The first-order chi connectivity index (χ1) is 9.22. The van der Waals surface area contributed by atoms with E-state index in [1.54, 1.807) is 0 Å². The summed E-state index contributed by atoms with van der Waals surface area (Å²) in [6.45, 7) is 2.24. The van der Waals surface area contributed by atoms with Crippen molar-refractivity contribution in [1.29, 1.82) is 0 Å². The number of esters is 1. The van der Waals surface area contributed by atoms with Gasteiger partial charge in [-0.1, -0.05) is 58.3 Å². The second-order valence-corrected chi connectivity index (χ2v) is 5.65. The lowest BCUT2D eigenvalue weighted by Gasteiger charge is -2.21. The zero-order valence-corrected chi connectivity index (χ0v) is 12.3. The van der Waals surface area contributed by atoms with Gasteiger partial charge in [0.05, 0.1) is 0 Å². The molecule has 0 radical (unpaired) electrons. The molecule has 0 aromatic rings. The predicted octanol–water partition coefficient (Wildman–Crippen LogP) is 4.18. The van der Waals surface area contributed by atoms with Crippen LogP contribution in [0.2, 0.25) is 0 Å². The Bertz CT molecular complexity index is 257. The van der Waals surface area contributed by atoms with E-state index in [9.17, 15) is 9.59 Å². The summed E-state index contributed by atoms with van der Waals surface area (Å²) in [4.78, 5) is 22.3. The molecule has 110 valence electrons. The van der Waals surface area contributed by atoms with E-state index in [1.807, 2.05) is 0 Å². The average molecular weight is 268 g/mol. The van der Waals surface area contributed by atoms with Gasteiger partial charge < -0.3 is 4.74 Å². The first kappa shape index (κ1) is 16.2. The molecule has 0 unspecified atom stereocenters. The van der Waals surface area contributed by atoms with Crippen LogP contribution < -0.4 is 0 Å². The Labute approximate surface area is 117 Å². The molecule has 0 aromatic carbocycles. The van der Waals surface area contributed by atoms with Crippen molar-refractivity contribution < 1.29 is 14.3 Å². The monoisotopic (exact) mass is 268 g/mol. The van der Waals surface area contributed by atoms with Gasteiger partial charge in [-0.05, 0) is 12.8 Å². The van der Waals surface area contributed by atoms with Gasteiger partial charge in [0, 0.05) is 6.42 Å². The Morgan fingerprint density at radius 3 is 2.11 bits per heavy atom. The summed E-state index contributed by atoms with van der Waals surface area (Å²) in [6.07, 6.45) is 12.7. The SMILES string of the molecule is CCCCCCCCCCC[C@@H]1CC(=O)CC(=O)O1. The molecule has 0 aromatic heterocycles. The quantitative estimate of drug-likeness (QED) is 0.339. The molecule has 1 heterocycles. The van der Waals surface area contributed by atoms with Gasteiger partial charge in [0.1, 0.15) is 18.3 Å². The van der Waals surface area contributed by atoms with Crippen LogP contribution in [0.25, 0.3) is 0 Å². The number of carbonyl (C=O) groups is 2. The molecule has 0 saturated carbocycles. The molecular formula is C16H28O3. The van der Waals surface area contributed by atoms with Crippen molar-refractivity contribution in [1.82, 2.24) is 0 Å². The minimum atomic E-state index is -0.336. The Balaban J connectivity index is 1.90. The van der Waals surface area contributed by atoms with Gasteiger partial charge in [-0.15, -0.1) is 0 Å². The number of carbonyl (C=O) groups excluding carboxylic acids is 2. The topological polar surface area (TPSA) is 43.4 Å². The molecule has 1 rings (SSSR count). The third-order valence-electron chi connectivity index (χ3n) is 3.72. The standard InChI is InChI=1S/C16H28O3/c1-2-3-4-5-6-7-8-9-10-11-15-12-14(17)13-16(18)19-15/h15H,2-13H2,1H3/t15-/m1/s1. The molecule has 1 atom stereocenters. The van der Waals surface area contributed by atoms with Crippen molar-refractivity contribution in [2.75, 3.05) is 0 Å². The van der Waals surface area contributed by atoms with E-state index in [-0.39, 0.29) is 24.3 Å². The maximum Gasteiger partial charge on any atom is 0.313 e. The van der Waals surface area contributed by atoms with Crippen molar-refractivity contribution in [3.8, 4) is 0 Å². The van der Waals surface area contributed by atoms with Crippen molar-refractivity contribution in [3.63, 3.8) is 0 Å². The number of ketones is 1. The molecule has 0 spiro atoms. The van der Waals surface area contributed by atoms with Crippen LogP contribution in [0, 0.1) is 0 Å². The van der Waals surface area contributed by atoms with Crippen LogP contribution in [0.4, 0.5) is 0 Å². The lowest BCUT2D eigenvalue weighted by molar-refractivity contribution is -0.158. The van der Waals surface area contributed by atoms with Crippen LogP contribution in [-0.4, -0.2) is 17.9 Å². The Morgan fingerprint density at radius 2 is 1.53 bits per heavy atom. The fraction of sp³-hybridized carbons (Fsp3) is 0.875. The molecule has 0 amide bonds. The Kier molecular flexibility index (Phi) is 8.52. The lowest BCUT2D eigenvalue weighted by Crippen LogP contribution is -2.29. The van der Waals surface area contributed by atoms with E-state index in [4.69, 9.17) is 4.74 Å². The van der Waals surface area contributed by atoms with E-state index in [0.29, 0.717) is 6.42 Å². The van der Waals surface area contributed by atoms with Crippen LogP contribution >= 0.6 is 0 Å². The predicted molar refractivity (Wildman–Crippen MR) is 76.0 cm³/mol. The van der Waals surface area contributed by atoms with Crippen LogP contribution in [0.5, 0.6) is 0 Å². The number of unbranched alkanes of at least 4 members (excludes halogenated alkanes) is 8. The van der Waals surface area contributed by atoms with Crippen LogP contribution in [0.3, 0.4) is 0 Å². The average Bonchev–Trinajstić information content (AvgIpc) is 2.36. The smallest absolute Gasteiger partial charge is 0.313 e. The summed E-state index contributed by atoms with van der Waals surface area (Å²) in [5.74, 6) is -0.297. The van der Waals surface area contributed by atoms with Gasteiger partial charge in [-0.25, -0.2) is 0 Å². The molecule has 0 bridgehead atoms. The molecule has 1 aliphatic rings. The fourth-order valence-corrected chi connectivity index (χ4v) is 2.60. The highest BCUT2D eigenvalue weighted by Crippen LogP contribution is 2.18. The van der Waals surface area contributed by atoms with E-state index < -0.39 is 0 Å². The van der Waals surface area contributed by atoms with E-state index in [0.717, 1.165) is 12.8 Å². The minimum absolute atomic E-state index is 0.0196. The maximum absolute atomic E-state index is 11.2. The fourth-order valence-electron chi connectivity index (χ4n) is 2.60. The number of hydrogen-bond acceptors (Lipinski definition) is 3. The zero-order valence-electron chi connectivity index (χ0n) is 12.3. The Morgan fingerprint density at radius 1 is 0.947 bits per heavy atom. The van der Waals surface area contributed by atoms with Crippen molar-refractivity contribution in [2.24, 2.45) is 0 Å². The lowest BCUT2D eigenvalue weighted by atomic mass is 10.0. The molecule has 3 nitrogen and oxygen atoms in total. The largest absolute Gasteiger partial charge is 0.462 e. The second kappa shape index (κ2) is 9.99. The molecule has 3 heteroatoms. The summed E-state index contributed by atoms with van der Waals surface area (Å²) >= 11 is 0. The summed E-state index contributed by atoms with van der Waals surface area (Å²) in [5, 5.41) is 0. The van der Waals surface area contributed by atoms with E-state index in [2.05, 4.69) is 6.92 Å². The van der Waals surface area contributed by atoms with Gasteiger partial charge in [-0.2, -0.15) is 0 Å². The first-order valence-electron chi connectivity index (χ1n) is 7.93. The highest BCUT2D eigenvalue weighted by atomic mass is 16.5. The van der Waals surface area contributed by atoms with Gasteiger partial charge in [0.2, 0.25) is 0 Å². The molecule has 1 fully saturated rings. The highest BCUT2D eigenvalue weighted by Gasteiger charge is 2.25. The van der Waals surface area contributed by atoms with Gasteiger partial charge in [-0.3, -0.25) is 9.59 Å². The van der Waals surface area contributed by atoms with Gasteiger partial charge >= 0.3 is 5.97 Å². The molecule has 1 aliphatic heterocycles. The highest BCUT2D eigenvalue weighted by molar-refractivity contribution is 5.97. The zero-order chi connectivity index (χ0) is 13.9. The van der Waals surface area contributed by atoms with Crippen molar-refractivity contribution in [2.45, 2.75) is 90.1 Å². The normalized spacial score (nSPS) is 19.5. The Hall–Kier alpha value is -0.860. The number of ether oxygens (including phenoxy) is 1. The maximum atomic E-state index is 11.2. The molecule has 0 aliphatic carbocycles. The third kappa shape index (κ3) is 8.02. The number of rotatable bonds is 10. The van der Waals surface area contributed by atoms with Crippen molar-refractivity contribution >= 4 is 11.8 Å². The minimum Gasteiger partial charge on any atom is -0.462 e. The van der Waals surface area contributed by atoms with E-state index >= 15 is 0 Å². The first-order valence-corrected chi connectivity index (χ1v) is 7.93. The summed E-state index contributed by atoms with van der Waals surface area (Å²) < 4.78 is 5.17. The summed E-state index contributed by atoms with van der Waals surface area (Å²) in [7, 11) is 0. The van der Waals surface area contributed by atoms with E-state index in [1.165, 1.54) is 51.4 Å². The van der Waals surface area contributed by atoms with Gasteiger partial charge in [0.25, 0.3) is 0 Å². The second-order valence-electron chi connectivity index (χ2n) is 5.65. The van der Waals surface area contributed by atoms with Crippen LogP contribution in [0.1, 0.15) is 84.0 Å². The number of Topliss-reactive ketones (excluding diaryl/α,β-unsaturated/α-hetero) is 1. The number of cyclic esters (lactones) is 1. The van der Waals surface area contributed by atoms with Crippen LogP contribution in [-0.2, 0) is 14.3 Å². The molecule has 0 N–H and O–H groups in total. The summed E-state index contributed by atoms with van der Waals surface area (Å²) in [6, 6.07) is 0. The summed E-state index contributed by atoms with van der Waals surface area (Å²) in [5.41, 5.74) is 0. The molecular weight excluding hydrogens is 240 g/mol. The van der Waals surface area contributed by atoms with Crippen LogP contribution in [0.15, 0.2) is 0 Å². The molecule has 1 saturated heterocycles. The third-order valence-corrected chi connectivity index (χ3v) is 3.72. The van der Waals surface area contributed by atoms with Crippen molar-refractivity contribution in [3.05, 3.63) is 0 Å². The number of hydrogen-bond donors (Lipinski definition) is 0.